The largest absolute Gasteiger partial charge is 0.355 e. The second-order valence-corrected chi connectivity index (χ2v) is 6.64. The highest BCUT2D eigenvalue weighted by Crippen LogP contribution is 2.40. The summed E-state index contributed by atoms with van der Waals surface area (Å²) in [6, 6.07) is 0. The summed E-state index contributed by atoms with van der Waals surface area (Å²) in [7, 11) is 0. The number of unbranched alkanes of at least 4 members (excludes halogenated alkanes) is 2. The molecule has 0 atom stereocenters. The van der Waals surface area contributed by atoms with Gasteiger partial charge in [0.15, 0.2) is 0 Å². The summed E-state index contributed by atoms with van der Waals surface area (Å²) in [5, 5.41) is 3.12. The molecule has 3 N–H and O–H groups in total. The van der Waals surface area contributed by atoms with Crippen molar-refractivity contribution >= 4 is 5.91 Å². The Kier molecular flexibility index (Phi) is 5.64. The molecular formula is C15H30N2O. The lowest BCUT2D eigenvalue weighted by atomic mass is 9.68. The van der Waals surface area contributed by atoms with Crippen molar-refractivity contribution in [2.75, 3.05) is 13.1 Å². The van der Waals surface area contributed by atoms with Crippen LogP contribution in [0.1, 0.15) is 65.7 Å². The quantitative estimate of drug-likeness (QED) is 0.654. The van der Waals surface area contributed by atoms with Crippen LogP contribution in [0.4, 0.5) is 0 Å². The Hall–Kier alpha value is -0.570. The monoisotopic (exact) mass is 254 g/mol. The van der Waals surface area contributed by atoms with Crippen molar-refractivity contribution in [2.45, 2.75) is 65.7 Å². The molecule has 1 fully saturated rings. The summed E-state index contributed by atoms with van der Waals surface area (Å²) in [4.78, 5) is 12.2. The SMILES string of the molecule is CCCCCC(C)(C)CNC(=O)C1(CN)CCC1. The van der Waals surface area contributed by atoms with Crippen molar-refractivity contribution in [1.82, 2.24) is 5.32 Å². The fraction of sp³-hybridized carbons (Fsp3) is 0.933. The van der Waals surface area contributed by atoms with Crippen LogP contribution in [0.2, 0.25) is 0 Å². The standard InChI is InChI=1S/C15H30N2O/c1-4-5-6-8-14(2,3)12-17-13(18)15(11-16)9-7-10-15/h4-12,16H2,1-3H3,(H,17,18). The highest BCUT2D eigenvalue weighted by molar-refractivity contribution is 5.83. The third-order valence-corrected chi connectivity index (χ3v) is 4.37. The number of nitrogens with two attached hydrogens (primary N) is 1. The first-order chi connectivity index (χ1) is 8.46. The summed E-state index contributed by atoms with van der Waals surface area (Å²) < 4.78 is 0. The first-order valence-corrected chi connectivity index (χ1v) is 7.44. The van der Waals surface area contributed by atoms with Gasteiger partial charge in [0.1, 0.15) is 0 Å². The summed E-state index contributed by atoms with van der Waals surface area (Å²) in [6.45, 7) is 7.96. The number of rotatable bonds is 8. The first kappa shape index (κ1) is 15.5. The molecule has 0 unspecified atom stereocenters. The molecule has 3 nitrogen and oxygen atoms in total. The smallest absolute Gasteiger partial charge is 0.227 e. The Morgan fingerprint density at radius 1 is 1.33 bits per heavy atom. The number of hydrogen-bond donors (Lipinski definition) is 2. The fourth-order valence-electron chi connectivity index (χ4n) is 2.58. The molecule has 1 aliphatic rings. The summed E-state index contributed by atoms with van der Waals surface area (Å²) in [5.41, 5.74) is 5.71. The molecule has 18 heavy (non-hydrogen) atoms. The van der Waals surface area contributed by atoms with Crippen molar-refractivity contribution in [3.8, 4) is 0 Å². The lowest BCUT2D eigenvalue weighted by Gasteiger charge is -2.40. The van der Waals surface area contributed by atoms with E-state index in [1.807, 2.05) is 0 Å². The molecule has 1 amide bonds. The fourth-order valence-corrected chi connectivity index (χ4v) is 2.58. The predicted molar refractivity (Wildman–Crippen MR) is 76.3 cm³/mol. The van der Waals surface area contributed by atoms with Crippen LogP contribution < -0.4 is 11.1 Å². The Morgan fingerprint density at radius 2 is 2.00 bits per heavy atom. The zero-order valence-corrected chi connectivity index (χ0v) is 12.3. The van der Waals surface area contributed by atoms with Gasteiger partial charge in [-0.3, -0.25) is 4.79 Å². The molecule has 106 valence electrons. The highest BCUT2D eigenvalue weighted by atomic mass is 16.2. The summed E-state index contributed by atoms with van der Waals surface area (Å²) >= 11 is 0. The van der Waals surface area contributed by atoms with Crippen LogP contribution in [0, 0.1) is 10.8 Å². The molecule has 0 aromatic carbocycles. The maximum absolute atomic E-state index is 12.2. The van der Waals surface area contributed by atoms with Crippen molar-refractivity contribution in [2.24, 2.45) is 16.6 Å². The number of carbonyl (C=O) groups is 1. The van der Waals surface area contributed by atoms with Gasteiger partial charge in [-0.15, -0.1) is 0 Å². The minimum Gasteiger partial charge on any atom is -0.355 e. The van der Waals surface area contributed by atoms with Crippen LogP contribution in [0.5, 0.6) is 0 Å². The van der Waals surface area contributed by atoms with E-state index in [9.17, 15) is 4.79 Å². The van der Waals surface area contributed by atoms with Crippen LogP contribution in [0.3, 0.4) is 0 Å². The summed E-state index contributed by atoms with van der Waals surface area (Å²) in [5.74, 6) is 0.180. The zero-order chi connectivity index (χ0) is 13.6. The van der Waals surface area contributed by atoms with E-state index < -0.39 is 0 Å². The van der Waals surface area contributed by atoms with Crippen LogP contribution in [0.25, 0.3) is 0 Å². The third-order valence-electron chi connectivity index (χ3n) is 4.37. The van der Waals surface area contributed by atoms with Crippen molar-refractivity contribution in [3.05, 3.63) is 0 Å². The Labute approximate surface area is 112 Å². The molecule has 0 aromatic rings. The van der Waals surface area contributed by atoms with Crippen LogP contribution in [-0.4, -0.2) is 19.0 Å². The van der Waals surface area contributed by atoms with Gasteiger partial charge >= 0.3 is 0 Å². The maximum Gasteiger partial charge on any atom is 0.227 e. The minimum atomic E-state index is -0.237. The molecule has 0 radical (unpaired) electrons. The van der Waals surface area contributed by atoms with Gasteiger partial charge < -0.3 is 11.1 Å². The van der Waals surface area contributed by atoms with E-state index >= 15 is 0 Å². The highest BCUT2D eigenvalue weighted by Gasteiger charge is 2.42. The number of amides is 1. The Morgan fingerprint density at radius 3 is 2.44 bits per heavy atom. The molecule has 0 saturated heterocycles. The second kappa shape index (κ2) is 6.55. The molecule has 3 heteroatoms. The normalized spacial score (nSPS) is 18.2. The van der Waals surface area contributed by atoms with Gasteiger partial charge in [0, 0.05) is 13.1 Å². The first-order valence-electron chi connectivity index (χ1n) is 7.44. The van der Waals surface area contributed by atoms with E-state index in [0.717, 1.165) is 25.8 Å². The summed E-state index contributed by atoms with van der Waals surface area (Å²) in [6.07, 6.45) is 8.03. The van der Waals surface area contributed by atoms with E-state index in [1.165, 1.54) is 25.7 Å². The van der Waals surface area contributed by atoms with Crippen molar-refractivity contribution < 1.29 is 4.79 Å². The average molecular weight is 254 g/mol. The number of hydrogen-bond acceptors (Lipinski definition) is 2. The molecule has 0 heterocycles. The molecule has 1 rings (SSSR count). The lowest BCUT2D eigenvalue weighted by molar-refractivity contribution is -0.135. The van der Waals surface area contributed by atoms with E-state index in [2.05, 4.69) is 26.1 Å². The molecular weight excluding hydrogens is 224 g/mol. The van der Waals surface area contributed by atoms with Crippen LogP contribution in [-0.2, 0) is 4.79 Å². The van der Waals surface area contributed by atoms with Crippen LogP contribution in [0.15, 0.2) is 0 Å². The second-order valence-electron chi connectivity index (χ2n) is 6.64. The third kappa shape index (κ3) is 3.98. The van der Waals surface area contributed by atoms with E-state index in [1.54, 1.807) is 0 Å². The van der Waals surface area contributed by atoms with Gasteiger partial charge in [0.2, 0.25) is 5.91 Å². The zero-order valence-electron chi connectivity index (χ0n) is 12.3. The van der Waals surface area contributed by atoms with E-state index in [4.69, 9.17) is 5.73 Å². The van der Waals surface area contributed by atoms with Crippen molar-refractivity contribution in [3.63, 3.8) is 0 Å². The number of carbonyl (C=O) groups excluding carboxylic acids is 1. The maximum atomic E-state index is 12.2. The van der Waals surface area contributed by atoms with Gasteiger partial charge in [-0.05, 0) is 24.7 Å². The number of nitrogens with one attached hydrogen (secondary N) is 1. The molecule has 0 spiro atoms. The molecule has 1 saturated carbocycles. The van der Waals surface area contributed by atoms with Crippen LogP contribution >= 0.6 is 0 Å². The predicted octanol–water partition coefficient (Wildman–Crippen LogP) is 2.84. The molecule has 0 aromatic heterocycles. The lowest BCUT2D eigenvalue weighted by Crippen LogP contribution is -2.51. The van der Waals surface area contributed by atoms with E-state index in [-0.39, 0.29) is 16.7 Å². The molecule has 0 aliphatic heterocycles. The van der Waals surface area contributed by atoms with Gasteiger partial charge in [-0.1, -0.05) is 46.5 Å². The van der Waals surface area contributed by atoms with Gasteiger partial charge in [0.05, 0.1) is 5.41 Å². The van der Waals surface area contributed by atoms with E-state index in [0.29, 0.717) is 6.54 Å². The topological polar surface area (TPSA) is 55.1 Å². The average Bonchev–Trinajstić information content (AvgIpc) is 2.26. The van der Waals surface area contributed by atoms with Gasteiger partial charge in [-0.2, -0.15) is 0 Å². The van der Waals surface area contributed by atoms with Gasteiger partial charge in [-0.25, -0.2) is 0 Å². The molecule has 1 aliphatic carbocycles. The molecule has 0 bridgehead atoms. The van der Waals surface area contributed by atoms with Crippen molar-refractivity contribution in [1.29, 1.82) is 0 Å². The minimum absolute atomic E-state index is 0.180. The Bertz CT molecular complexity index is 264. The Balaban J connectivity index is 2.32. The van der Waals surface area contributed by atoms with Gasteiger partial charge in [0.25, 0.3) is 0 Å².